The lowest BCUT2D eigenvalue weighted by molar-refractivity contribution is -0.145. The highest BCUT2D eigenvalue weighted by Gasteiger charge is 2.25. The van der Waals surface area contributed by atoms with E-state index in [-0.39, 0.29) is 75.9 Å². The molecule has 3 aromatic rings. The van der Waals surface area contributed by atoms with Crippen LogP contribution in [-0.2, 0) is 48.2 Å². The predicted molar refractivity (Wildman–Crippen MR) is 176 cm³/mol. The molecule has 0 aliphatic heterocycles. The Morgan fingerprint density at radius 1 is 0.766 bits per heavy atom. The molecule has 0 radical (unpaired) electrons. The number of Topliss-reactive ketones (excluding diaryl/α,β-unsaturated/α-hetero) is 1. The third-order valence-corrected chi connectivity index (χ3v) is 7.29. The van der Waals surface area contributed by atoms with Crippen LogP contribution in [0, 0.1) is 0 Å². The first-order valence-corrected chi connectivity index (χ1v) is 15.8. The number of benzene rings is 2. The Morgan fingerprint density at radius 2 is 1.38 bits per heavy atom. The summed E-state index contributed by atoms with van der Waals surface area (Å²) in [6, 6.07) is 19.4. The maximum atomic E-state index is 13.9. The summed E-state index contributed by atoms with van der Waals surface area (Å²) in [5.41, 5.74) is 2.83. The number of carbonyl (C=O) groups excluding carboxylic acids is 4. The average molecular weight is 650 g/mol. The molecule has 13 heteroatoms. The summed E-state index contributed by atoms with van der Waals surface area (Å²) in [6.07, 6.45) is 3.02. The minimum absolute atomic E-state index is 0.0312. The first kappa shape index (κ1) is 37.0. The second kappa shape index (κ2) is 20.6. The van der Waals surface area contributed by atoms with Gasteiger partial charge in [0, 0.05) is 59.6 Å². The van der Waals surface area contributed by atoms with E-state index in [0.717, 1.165) is 16.8 Å². The van der Waals surface area contributed by atoms with Crippen molar-refractivity contribution < 1.29 is 28.7 Å². The Morgan fingerprint density at radius 3 is 2.02 bits per heavy atom. The lowest BCUT2D eigenvalue weighted by Crippen LogP contribution is -2.49. The number of hydrogen-bond acceptors (Lipinski definition) is 9. The van der Waals surface area contributed by atoms with Crippen molar-refractivity contribution in [3.8, 4) is 0 Å². The molecule has 47 heavy (non-hydrogen) atoms. The summed E-state index contributed by atoms with van der Waals surface area (Å²) in [4.78, 5) is 56.8. The number of nitrogens with zero attached hydrogens (tertiary/aromatic N) is 6. The van der Waals surface area contributed by atoms with E-state index in [1.807, 2.05) is 66.9 Å². The molecule has 0 spiro atoms. The molecule has 0 aliphatic rings. The maximum absolute atomic E-state index is 13.9. The van der Waals surface area contributed by atoms with Gasteiger partial charge in [0.15, 0.2) is 0 Å². The van der Waals surface area contributed by atoms with Crippen molar-refractivity contribution in [2.24, 2.45) is 0 Å². The van der Waals surface area contributed by atoms with Gasteiger partial charge in [0.2, 0.25) is 17.7 Å². The molecule has 0 unspecified atom stereocenters. The van der Waals surface area contributed by atoms with Crippen LogP contribution in [0.25, 0.3) is 0 Å². The quantitative estimate of drug-likeness (QED) is 0.160. The molecular weight excluding hydrogens is 602 g/mol. The molecule has 0 fully saturated rings. The van der Waals surface area contributed by atoms with Crippen molar-refractivity contribution in [1.82, 2.24) is 35.0 Å². The number of carbonyl (C=O) groups is 4. The van der Waals surface area contributed by atoms with Crippen LogP contribution >= 0.6 is 0 Å². The first-order chi connectivity index (χ1) is 22.8. The Balaban J connectivity index is 1.73. The second-order valence-electron chi connectivity index (χ2n) is 11.2. The Hall–Kier alpha value is -4.46. The van der Waals surface area contributed by atoms with E-state index in [1.54, 1.807) is 11.8 Å². The van der Waals surface area contributed by atoms with Crippen LogP contribution in [0.2, 0.25) is 0 Å². The van der Waals surface area contributed by atoms with Crippen molar-refractivity contribution in [3.63, 3.8) is 0 Å². The standard InChI is InChI=1S/C34H47N7O6/c1-28(42)23-39(18-20-47-3)33(44)26-38(16-10-17-41-25-31(36-37-41)21-29-11-6-4-7-12-29)34(45)27-40(24-30-13-8-5-9-14-30)32(43)22-35-15-19-46-2/h4-9,11-14,25,35H,10,15-24,26-27H2,1-3H3. The Labute approximate surface area is 276 Å². The molecule has 1 heterocycles. The summed E-state index contributed by atoms with van der Waals surface area (Å²) in [5.74, 6) is -1.18. The number of nitrogens with one attached hydrogen (secondary N) is 1. The molecule has 254 valence electrons. The van der Waals surface area contributed by atoms with Crippen LogP contribution in [-0.4, -0.2) is 126 Å². The van der Waals surface area contributed by atoms with Gasteiger partial charge in [0.05, 0.1) is 38.5 Å². The van der Waals surface area contributed by atoms with E-state index >= 15 is 0 Å². The lowest BCUT2D eigenvalue weighted by atomic mass is 10.1. The molecule has 0 aliphatic carbocycles. The van der Waals surface area contributed by atoms with E-state index < -0.39 is 0 Å². The van der Waals surface area contributed by atoms with Gasteiger partial charge in [-0.25, -0.2) is 0 Å². The molecule has 1 N–H and O–H groups in total. The number of ether oxygens (including phenoxy) is 2. The fourth-order valence-corrected chi connectivity index (χ4v) is 4.86. The molecule has 0 saturated heterocycles. The summed E-state index contributed by atoms with van der Waals surface area (Å²) in [5, 5.41) is 11.6. The van der Waals surface area contributed by atoms with Crippen LogP contribution < -0.4 is 5.32 Å². The summed E-state index contributed by atoms with van der Waals surface area (Å²) >= 11 is 0. The fraction of sp³-hybridized carbons (Fsp3) is 0.471. The minimum atomic E-state index is -0.377. The molecular formula is C34H47N7O6. The SMILES string of the molecule is COCCNCC(=O)N(CC(=O)N(CCCn1cc(Cc2ccccc2)nn1)CC(=O)N(CCOC)CC(C)=O)Cc1ccccc1. The van der Waals surface area contributed by atoms with Gasteiger partial charge >= 0.3 is 0 Å². The van der Waals surface area contributed by atoms with E-state index in [4.69, 9.17) is 9.47 Å². The van der Waals surface area contributed by atoms with Crippen molar-refractivity contribution >= 4 is 23.5 Å². The number of aromatic nitrogens is 3. The first-order valence-electron chi connectivity index (χ1n) is 15.8. The molecule has 2 aromatic carbocycles. The van der Waals surface area contributed by atoms with Gasteiger partial charge in [-0.05, 0) is 24.5 Å². The van der Waals surface area contributed by atoms with Gasteiger partial charge in [-0.1, -0.05) is 65.9 Å². The normalized spacial score (nSPS) is 10.9. The van der Waals surface area contributed by atoms with Gasteiger partial charge in [-0.2, -0.15) is 0 Å². The third kappa shape index (κ3) is 13.8. The second-order valence-corrected chi connectivity index (χ2v) is 11.2. The van der Waals surface area contributed by atoms with Crippen LogP contribution in [0.3, 0.4) is 0 Å². The third-order valence-electron chi connectivity index (χ3n) is 7.29. The van der Waals surface area contributed by atoms with Crippen molar-refractivity contribution in [3.05, 3.63) is 83.7 Å². The number of aryl methyl sites for hydroxylation is 1. The maximum Gasteiger partial charge on any atom is 0.242 e. The number of hydrogen-bond donors (Lipinski definition) is 1. The minimum Gasteiger partial charge on any atom is -0.383 e. The van der Waals surface area contributed by atoms with E-state index in [9.17, 15) is 19.2 Å². The Kier molecular flexibility index (Phi) is 16.2. The molecule has 1 aromatic heterocycles. The van der Waals surface area contributed by atoms with Gasteiger partial charge in [-0.15, -0.1) is 5.10 Å². The number of amides is 3. The highest BCUT2D eigenvalue weighted by atomic mass is 16.5. The van der Waals surface area contributed by atoms with Gasteiger partial charge in [0.25, 0.3) is 0 Å². The molecule has 3 amide bonds. The van der Waals surface area contributed by atoms with Crippen LogP contribution in [0.4, 0.5) is 0 Å². The number of methoxy groups -OCH3 is 2. The largest absolute Gasteiger partial charge is 0.383 e. The predicted octanol–water partition coefficient (Wildman–Crippen LogP) is 1.42. The number of rotatable bonds is 22. The highest BCUT2D eigenvalue weighted by Crippen LogP contribution is 2.09. The van der Waals surface area contributed by atoms with Gasteiger partial charge < -0.3 is 29.5 Å². The highest BCUT2D eigenvalue weighted by molar-refractivity contribution is 5.90. The zero-order valence-electron chi connectivity index (χ0n) is 27.7. The fourth-order valence-electron chi connectivity index (χ4n) is 4.86. The molecule has 0 saturated carbocycles. The van der Waals surface area contributed by atoms with Crippen LogP contribution in [0.5, 0.6) is 0 Å². The summed E-state index contributed by atoms with van der Waals surface area (Å²) in [7, 11) is 3.10. The summed E-state index contributed by atoms with van der Waals surface area (Å²) in [6.45, 7) is 3.22. The van der Waals surface area contributed by atoms with E-state index in [1.165, 1.54) is 28.7 Å². The number of ketones is 1. The van der Waals surface area contributed by atoms with Gasteiger partial charge in [-0.3, -0.25) is 23.9 Å². The zero-order valence-corrected chi connectivity index (χ0v) is 27.7. The monoisotopic (exact) mass is 649 g/mol. The van der Waals surface area contributed by atoms with Crippen molar-refractivity contribution in [2.75, 3.05) is 73.2 Å². The Bertz CT molecular complexity index is 1390. The molecule has 0 atom stereocenters. The van der Waals surface area contributed by atoms with Crippen molar-refractivity contribution in [2.45, 2.75) is 32.9 Å². The van der Waals surface area contributed by atoms with Crippen molar-refractivity contribution in [1.29, 1.82) is 0 Å². The summed E-state index contributed by atoms with van der Waals surface area (Å²) < 4.78 is 11.9. The van der Waals surface area contributed by atoms with Crippen LogP contribution in [0.1, 0.15) is 30.2 Å². The molecule has 0 bridgehead atoms. The van der Waals surface area contributed by atoms with Crippen LogP contribution in [0.15, 0.2) is 66.9 Å². The van der Waals surface area contributed by atoms with E-state index in [0.29, 0.717) is 32.5 Å². The zero-order chi connectivity index (χ0) is 33.9. The topological polar surface area (TPSA) is 139 Å². The average Bonchev–Trinajstić information content (AvgIpc) is 3.51. The molecule has 13 nitrogen and oxygen atoms in total. The lowest BCUT2D eigenvalue weighted by Gasteiger charge is -2.30. The smallest absolute Gasteiger partial charge is 0.242 e. The van der Waals surface area contributed by atoms with E-state index in [2.05, 4.69) is 15.6 Å². The van der Waals surface area contributed by atoms with Gasteiger partial charge in [0.1, 0.15) is 12.3 Å². The molecule has 3 rings (SSSR count).